The Morgan fingerprint density at radius 2 is 2.07 bits per heavy atom. The van der Waals surface area contributed by atoms with Gasteiger partial charge in [0.2, 0.25) is 0 Å². The standard InChI is InChI=1S/C10H9ClO4/c1-14-9-6(5-12)3-7(11)4-8(9)10(13)15-2/h3-5H,1-2H3. The highest BCUT2D eigenvalue weighted by atomic mass is 35.5. The number of aldehydes is 1. The lowest BCUT2D eigenvalue weighted by Crippen LogP contribution is -2.06. The summed E-state index contributed by atoms with van der Waals surface area (Å²) < 4.78 is 9.49. The van der Waals surface area contributed by atoms with Crippen molar-refractivity contribution in [3.63, 3.8) is 0 Å². The van der Waals surface area contributed by atoms with E-state index in [1.165, 1.54) is 26.4 Å². The molecule has 1 rings (SSSR count). The summed E-state index contributed by atoms with van der Waals surface area (Å²) in [5, 5.41) is 0.276. The van der Waals surface area contributed by atoms with E-state index in [1.807, 2.05) is 0 Å². The second-order valence-corrected chi connectivity index (χ2v) is 3.12. The summed E-state index contributed by atoms with van der Waals surface area (Å²) in [5.41, 5.74) is 0.347. The van der Waals surface area contributed by atoms with Gasteiger partial charge in [-0.2, -0.15) is 0 Å². The fraction of sp³-hybridized carbons (Fsp3) is 0.200. The minimum atomic E-state index is -0.600. The molecule has 0 fully saturated rings. The molecule has 0 amide bonds. The number of carbonyl (C=O) groups is 2. The summed E-state index contributed by atoms with van der Waals surface area (Å²) in [5.74, 6) is -0.432. The molecule has 0 aromatic heterocycles. The molecule has 0 unspecified atom stereocenters. The number of ether oxygens (including phenoxy) is 2. The molecule has 0 aliphatic rings. The zero-order valence-corrected chi connectivity index (χ0v) is 9.00. The molecule has 0 atom stereocenters. The first kappa shape index (κ1) is 11.5. The van der Waals surface area contributed by atoms with Gasteiger partial charge in [-0.15, -0.1) is 0 Å². The van der Waals surface area contributed by atoms with Crippen LogP contribution in [0.2, 0.25) is 5.02 Å². The van der Waals surface area contributed by atoms with Gasteiger partial charge >= 0.3 is 5.97 Å². The predicted molar refractivity (Wildman–Crippen MR) is 54.7 cm³/mol. The second-order valence-electron chi connectivity index (χ2n) is 2.69. The molecule has 15 heavy (non-hydrogen) atoms. The molecule has 0 aliphatic carbocycles. The first-order valence-electron chi connectivity index (χ1n) is 4.05. The quantitative estimate of drug-likeness (QED) is 0.586. The molecule has 5 heteroatoms. The minimum Gasteiger partial charge on any atom is -0.495 e. The molecular formula is C10H9ClO4. The highest BCUT2D eigenvalue weighted by molar-refractivity contribution is 6.31. The number of hydrogen-bond acceptors (Lipinski definition) is 4. The number of carbonyl (C=O) groups excluding carboxylic acids is 2. The molecule has 1 aromatic rings. The van der Waals surface area contributed by atoms with Crippen molar-refractivity contribution in [2.24, 2.45) is 0 Å². The van der Waals surface area contributed by atoms with Crippen LogP contribution in [-0.2, 0) is 4.74 Å². The Bertz CT molecular complexity index is 401. The summed E-state index contributed by atoms with van der Waals surface area (Å²) in [6.45, 7) is 0. The van der Waals surface area contributed by atoms with Crippen molar-refractivity contribution >= 4 is 23.9 Å². The molecule has 0 saturated heterocycles. The van der Waals surface area contributed by atoms with E-state index in [-0.39, 0.29) is 21.9 Å². The summed E-state index contributed by atoms with van der Waals surface area (Å²) in [7, 11) is 2.60. The normalized spacial score (nSPS) is 9.53. The maximum Gasteiger partial charge on any atom is 0.341 e. The third kappa shape index (κ3) is 2.27. The number of halogens is 1. The van der Waals surface area contributed by atoms with E-state index in [9.17, 15) is 9.59 Å². The van der Waals surface area contributed by atoms with Gasteiger partial charge in [0.15, 0.2) is 6.29 Å². The van der Waals surface area contributed by atoms with Crippen LogP contribution in [0.3, 0.4) is 0 Å². The average Bonchev–Trinajstić information content (AvgIpc) is 2.26. The summed E-state index contributed by atoms with van der Waals surface area (Å²) in [6.07, 6.45) is 0.567. The average molecular weight is 229 g/mol. The molecule has 0 radical (unpaired) electrons. The van der Waals surface area contributed by atoms with Gasteiger partial charge < -0.3 is 9.47 Å². The Morgan fingerprint density at radius 1 is 1.40 bits per heavy atom. The predicted octanol–water partition coefficient (Wildman–Crippen LogP) is 1.95. The molecule has 0 bridgehead atoms. The van der Waals surface area contributed by atoms with Gasteiger partial charge in [-0.1, -0.05) is 11.6 Å². The van der Waals surface area contributed by atoms with Crippen LogP contribution in [0.5, 0.6) is 5.75 Å². The van der Waals surface area contributed by atoms with Crippen LogP contribution in [0, 0.1) is 0 Å². The lowest BCUT2D eigenvalue weighted by molar-refractivity contribution is 0.0597. The molecule has 0 saturated carbocycles. The van der Waals surface area contributed by atoms with Crippen molar-refractivity contribution in [1.82, 2.24) is 0 Å². The minimum absolute atomic E-state index is 0.134. The summed E-state index contributed by atoms with van der Waals surface area (Å²) >= 11 is 5.74. The monoisotopic (exact) mass is 228 g/mol. The molecule has 4 nitrogen and oxygen atoms in total. The number of rotatable bonds is 3. The Balaban J connectivity index is 3.41. The molecule has 0 spiro atoms. The van der Waals surface area contributed by atoms with Gasteiger partial charge in [-0.25, -0.2) is 4.79 Å². The third-order valence-corrected chi connectivity index (χ3v) is 2.04. The van der Waals surface area contributed by atoms with E-state index < -0.39 is 5.97 Å². The molecule has 0 heterocycles. The van der Waals surface area contributed by atoms with Gasteiger partial charge in [0.05, 0.1) is 19.8 Å². The van der Waals surface area contributed by atoms with Crippen molar-refractivity contribution in [2.45, 2.75) is 0 Å². The molecule has 0 N–H and O–H groups in total. The van der Waals surface area contributed by atoms with Gasteiger partial charge in [-0.05, 0) is 12.1 Å². The number of esters is 1. The van der Waals surface area contributed by atoms with Gasteiger partial charge in [0.1, 0.15) is 11.3 Å². The van der Waals surface area contributed by atoms with Crippen LogP contribution in [0.15, 0.2) is 12.1 Å². The van der Waals surface area contributed by atoms with Crippen molar-refractivity contribution in [2.75, 3.05) is 14.2 Å². The lowest BCUT2D eigenvalue weighted by Gasteiger charge is -2.09. The van der Waals surface area contributed by atoms with Gasteiger partial charge in [0.25, 0.3) is 0 Å². The Morgan fingerprint density at radius 3 is 2.53 bits per heavy atom. The van der Waals surface area contributed by atoms with Crippen LogP contribution < -0.4 is 4.74 Å². The van der Waals surface area contributed by atoms with Gasteiger partial charge in [-0.3, -0.25) is 4.79 Å². The number of hydrogen-bond donors (Lipinski definition) is 0. The summed E-state index contributed by atoms with van der Waals surface area (Å²) in [4.78, 5) is 22.0. The highest BCUT2D eigenvalue weighted by Crippen LogP contribution is 2.27. The Kier molecular flexibility index (Phi) is 3.68. The van der Waals surface area contributed by atoms with Crippen LogP contribution >= 0.6 is 11.6 Å². The molecule has 0 aliphatic heterocycles. The van der Waals surface area contributed by atoms with Crippen LogP contribution in [0.25, 0.3) is 0 Å². The smallest absolute Gasteiger partial charge is 0.341 e. The van der Waals surface area contributed by atoms with Crippen LogP contribution in [0.1, 0.15) is 20.7 Å². The molecular weight excluding hydrogens is 220 g/mol. The Hall–Kier alpha value is -1.55. The van der Waals surface area contributed by atoms with E-state index in [1.54, 1.807) is 0 Å². The first-order valence-corrected chi connectivity index (χ1v) is 4.42. The van der Waals surface area contributed by atoms with E-state index in [2.05, 4.69) is 4.74 Å². The zero-order chi connectivity index (χ0) is 11.4. The topological polar surface area (TPSA) is 52.6 Å². The van der Waals surface area contributed by atoms with Crippen molar-refractivity contribution < 1.29 is 19.1 Å². The van der Waals surface area contributed by atoms with Crippen molar-refractivity contribution in [3.05, 3.63) is 28.3 Å². The van der Waals surface area contributed by atoms with E-state index >= 15 is 0 Å². The van der Waals surface area contributed by atoms with Crippen molar-refractivity contribution in [3.8, 4) is 5.75 Å². The molecule has 80 valence electrons. The number of methoxy groups -OCH3 is 2. The fourth-order valence-corrected chi connectivity index (χ4v) is 1.42. The van der Waals surface area contributed by atoms with Crippen molar-refractivity contribution in [1.29, 1.82) is 0 Å². The zero-order valence-electron chi connectivity index (χ0n) is 8.24. The maximum atomic E-state index is 11.3. The summed E-state index contributed by atoms with van der Waals surface area (Å²) in [6, 6.07) is 2.80. The first-order chi connectivity index (χ1) is 7.13. The second kappa shape index (κ2) is 4.79. The Labute approximate surface area is 91.7 Å². The molecule has 1 aromatic carbocycles. The van der Waals surface area contributed by atoms with E-state index in [0.717, 1.165) is 0 Å². The van der Waals surface area contributed by atoms with Crippen LogP contribution in [-0.4, -0.2) is 26.5 Å². The van der Waals surface area contributed by atoms with Crippen LogP contribution in [0.4, 0.5) is 0 Å². The highest BCUT2D eigenvalue weighted by Gasteiger charge is 2.17. The number of benzene rings is 1. The lowest BCUT2D eigenvalue weighted by atomic mass is 10.1. The largest absolute Gasteiger partial charge is 0.495 e. The maximum absolute atomic E-state index is 11.3. The van der Waals surface area contributed by atoms with E-state index in [0.29, 0.717) is 6.29 Å². The van der Waals surface area contributed by atoms with Gasteiger partial charge in [0, 0.05) is 5.02 Å². The fourth-order valence-electron chi connectivity index (χ4n) is 1.19. The SMILES string of the molecule is COC(=O)c1cc(Cl)cc(C=O)c1OC. The van der Waals surface area contributed by atoms with E-state index in [4.69, 9.17) is 16.3 Å². The third-order valence-electron chi connectivity index (χ3n) is 1.82.